The number of halogens is 1. The summed E-state index contributed by atoms with van der Waals surface area (Å²) in [7, 11) is 0. The van der Waals surface area contributed by atoms with E-state index in [9.17, 15) is 4.79 Å². The lowest BCUT2D eigenvalue weighted by molar-refractivity contribution is 0.756. The van der Waals surface area contributed by atoms with Gasteiger partial charge in [0.25, 0.3) is 5.56 Å². The third kappa shape index (κ3) is 2.44. The predicted octanol–water partition coefficient (Wildman–Crippen LogP) is 2.79. The van der Waals surface area contributed by atoms with E-state index in [1.165, 1.54) is 6.07 Å². The highest BCUT2D eigenvalue weighted by Gasteiger charge is 2.06. The predicted molar refractivity (Wildman–Crippen MR) is 83.7 cm³/mol. The standard InChI is InChI=1S/C15H12BrN3O/c16-12-5-6-14(20)19(9-12)8-11-7-10-3-1-2-4-13(10)18-15(11)17/h1-7,9H,8H2,(H2,17,18). The van der Waals surface area contributed by atoms with Crippen molar-refractivity contribution in [2.45, 2.75) is 6.54 Å². The molecule has 2 heterocycles. The van der Waals surface area contributed by atoms with Crippen LogP contribution < -0.4 is 11.3 Å². The molecule has 0 bridgehead atoms. The van der Waals surface area contributed by atoms with Crippen molar-refractivity contribution in [3.8, 4) is 0 Å². The van der Waals surface area contributed by atoms with Gasteiger partial charge in [-0.05, 0) is 34.1 Å². The van der Waals surface area contributed by atoms with Crippen molar-refractivity contribution in [2.24, 2.45) is 0 Å². The first-order valence-electron chi connectivity index (χ1n) is 6.13. The van der Waals surface area contributed by atoms with Crippen LogP contribution in [0.25, 0.3) is 10.9 Å². The molecule has 0 amide bonds. The second kappa shape index (κ2) is 5.09. The van der Waals surface area contributed by atoms with Crippen LogP contribution in [0.5, 0.6) is 0 Å². The summed E-state index contributed by atoms with van der Waals surface area (Å²) in [5.74, 6) is 0.454. The van der Waals surface area contributed by atoms with Gasteiger partial charge < -0.3 is 10.3 Å². The average Bonchev–Trinajstić information content (AvgIpc) is 2.43. The van der Waals surface area contributed by atoms with E-state index in [0.29, 0.717) is 12.4 Å². The van der Waals surface area contributed by atoms with Crippen LogP contribution in [0.3, 0.4) is 0 Å². The van der Waals surface area contributed by atoms with E-state index in [4.69, 9.17) is 5.73 Å². The second-order valence-electron chi connectivity index (χ2n) is 4.54. The molecule has 0 unspecified atom stereocenters. The number of hydrogen-bond donors (Lipinski definition) is 1. The van der Waals surface area contributed by atoms with E-state index in [1.54, 1.807) is 16.8 Å². The number of para-hydroxylation sites is 1. The molecule has 1 aromatic carbocycles. The molecule has 3 aromatic rings. The highest BCUT2D eigenvalue weighted by atomic mass is 79.9. The maximum atomic E-state index is 11.8. The Kier molecular flexibility index (Phi) is 3.28. The van der Waals surface area contributed by atoms with Gasteiger partial charge in [-0.25, -0.2) is 4.98 Å². The molecule has 0 saturated carbocycles. The fourth-order valence-electron chi connectivity index (χ4n) is 2.11. The van der Waals surface area contributed by atoms with Gasteiger partial charge >= 0.3 is 0 Å². The number of nitrogens with two attached hydrogens (primary N) is 1. The maximum Gasteiger partial charge on any atom is 0.250 e. The van der Waals surface area contributed by atoms with Crippen LogP contribution in [0, 0.1) is 0 Å². The zero-order chi connectivity index (χ0) is 14.1. The van der Waals surface area contributed by atoms with Crippen molar-refractivity contribution >= 4 is 32.7 Å². The lowest BCUT2D eigenvalue weighted by atomic mass is 10.1. The first-order valence-corrected chi connectivity index (χ1v) is 6.93. The highest BCUT2D eigenvalue weighted by Crippen LogP contribution is 2.19. The Hall–Kier alpha value is -2.14. The first-order chi connectivity index (χ1) is 9.63. The number of benzene rings is 1. The first kappa shape index (κ1) is 12.9. The van der Waals surface area contributed by atoms with Crippen molar-refractivity contribution in [3.63, 3.8) is 0 Å². The molecule has 3 rings (SSSR count). The largest absolute Gasteiger partial charge is 0.383 e. The third-order valence-electron chi connectivity index (χ3n) is 3.12. The Morgan fingerprint density at radius 1 is 1.20 bits per heavy atom. The molecule has 0 atom stereocenters. The summed E-state index contributed by atoms with van der Waals surface area (Å²) in [6.07, 6.45) is 1.75. The fraction of sp³-hybridized carbons (Fsp3) is 0.0667. The van der Waals surface area contributed by atoms with E-state index in [-0.39, 0.29) is 5.56 Å². The Balaban J connectivity index is 2.08. The lowest BCUT2D eigenvalue weighted by Gasteiger charge is -2.09. The van der Waals surface area contributed by atoms with Crippen LogP contribution in [0.15, 0.2) is 57.9 Å². The van der Waals surface area contributed by atoms with Crippen molar-refractivity contribution in [3.05, 3.63) is 69.1 Å². The monoisotopic (exact) mass is 329 g/mol. The number of rotatable bonds is 2. The van der Waals surface area contributed by atoms with Crippen LogP contribution in [0.4, 0.5) is 5.82 Å². The maximum absolute atomic E-state index is 11.8. The van der Waals surface area contributed by atoms with E-state index in [1.807, 2.05) is 30.3 Å². The summed E-state index contributed by atoms with van der Waals surface area (Å²) in [4.78, 5) is 16.2. The van der Waals surface area contributed by atoms with E-state index in [2.05, 4.69) is 20.9 Å². The summed E-state index contributed by atoms with van der Waals surface area (Å²) in [6.45, 7) is 0.405. The van der Waals surface area contributed by atoms with Crippen molar-refractivity contribution < 1.29 is 0 Å². The zero-order valence-electron chi connectivity index (χ0n) is 10.6. The van der Waals surface area contributed by atoms with Crippen molar-refractivity contribution in [2.75, 3.05) is 5.73 Å². The topological polar surface area (TPSA) is 60.9 Å². The third-order valence-corrected chi connectivity index (χ3v) is 3.59. The molecule has 0 aliphatic carbocycles. The van der Waals surface area contributed by atoms with E-state index >= 15 is 0 Å². The van der Waals surface area contributed by atoms with Gasteiger partial charge in [0.1, 0.15) is 5.82 Å². The van der Waals surface area contributed by atoms with Crippen LogP contribution >= 0.6 is 15.9 Å². The molecular weight excluding hydrogens is 318 g/mol. The molecule has 2 N–H and O–H groups in total. The minimum atomic E-state index is -0.0687. The molecule has 0 aliphatic heterocycles. The minimum absolute atomic E-state index is 0.0687. The van der Waals surface area contributed by atoms with Gasteiger partial charge in [-0.15, -0.1) is 0 Å². The van der Waals surface area contributed by atoms with E-state index < -0.39 is 0 Å². The number of pyridine rings is 2. The molecule has 4 nitrogen and oxygen atoms in total. The average molecular weight is 330 g/mol. The number of nitrogens with zero attached hydrogens (tertiary/aromatic N) is 2. The van der Waals surface area contributed by atoms with Gasteiger partial charge in [-0.1, -0.05) is 18.2 Å². The number of hydrogen-bond acceptors (Lipinski definition) is 3. The SMILES string of the molecule is Nc1nc2ccccc2cc1Cn1cc(Br)ccc1=O. The molecule has 0 saturated heterocycles. The molecule has 2 aromatic heterocycles. The molecule has 0 fully saturated rings. The molecule has 100 valence electrons. The second-order valence-corrected chi connectivity index (χ2v) is 5.45. The van der Waals surface area contributed by atoms with Gasteiger partial charge in [0.2, 0.25) is 0 Å². The normalized spacial score (nSPS) is 10.8. The molecule has 0 aliphatic rings. The number of aromatic nitrogens is 2. The summed E-state index contributed by atoms with van der Waals surface area (Å²) in [5.41, 5.74) is 7.61. The Labute approximate surface area is 124 Å². The van der Waals surface area contributed by atoms with Crippen LogP contribution in [-0.4, -0.2) is 9.55 Å². The Morgan fingerprint density at radius 2 is 2.00 bits per heavy atom. The summed E-state index contributed by atoms with van der Waals surface area (Å²) in [5, 5.41) is 1.01. The molecular formula is C15H12BrN3O. The number of fused-ring (bicyclic) bond motifs is 1. The van der Waals surface area contributed by atoms with Crippen LogP contribution in [-0.2, 0) is 6.54 Å². The Bertz CT molecular complexity index is 842. The van der Waals surface area contributed by atoms with Crippen LogP contribution in [0.1, 0.15) is 5.56 Å². The van der Waals surface area contributed by atoms with Gasteiger partial charge in [-0.2, -0.15) is 0 Å². The van der Waals surface area contributed by atoms with Gasteiger partial charge in [0.15, 0.2) is 0 Å². The molecule has 20 heavy (non-hydrogen) atoms. The summed E-state index contributed by atoms with van der Waals surface area (Å²) >= 11 is 3.36. The van der Waals surface area contributed by atoms with Crippen molar-refractivity contribution in [1.82, 2.24) is 9.55 Å². The van der Waals surface area contributed by atoms with Crippen molar-refractivity contribution in [1.29, 1.82) is 0 Å². The smallest absolute Gasteiger partial charge is 0.250 e. The summed E-state index contributed by atoms with van der Waals surface area (Å²) in [6, 6.07) is 13.0. The fourth-order valence-corrected chi connectivity index (χ4v) is 2.49. The molecule has 0 spiro atoms. The van der Waals surface area contributed by atoms with Gasteiger partial charge in [0, 0.05) is 27.7 Å². The van der Waals surface area contributed by atoms with Crippen LogP contribution in [0.2, 0.25) is 0 Å². The van der Waals surface area contributed by atoms with Gasteiger partial charge in [0.05, 0.1) is 12.1 Å². The Morgan fingerprint density at radius 3 is 2.85 bits per heavy atom. The number of anilines is 1. The van der Waals surface area contributed by atoms with Gasteiger partial charge in [-0.3, -0.25) is 4.79 Å². The molecule has 0 radical (unpaired) electrons. The molecule has 5 heteroatoms. The highest BCUT2D eigenvalue weighted by molar-refractivity contribution is 9.10. The van der Waals surface area contributed by atoms with E-state index in [0.717, 1.165) is 20.9 Å². The summed E-state index contributed by atoms with van der Waals surface area (Å²) < 4.78 is 2.45. The quantitative estimate of drug-likeness (QED) is 0.786. The zero-order valence-corrected chi connectivity index (χ0v) is 12.2. The lowest BCUT2D eigenvalue weighted by Crippen LogP contribution is -2.19. The minimum Gasteiger partial charge on any atom is -0.383 e. The number of nitrogen functional groups attached to an aromatic ring is 1.